The normalized spacial score (nSPS) is 12.4. The monoisotopic (exact) mass is 571 g/mol. The topological polar surface area (TPSA) is 108 Å². The summed E-state index contributed by atoms with van der Waals surface area (Å²) in [6, 6.07) is 16.9. The molecule has 40 heavy (non-hydrogen) atoms. The predicted octanol–water partition coefficient (Wildman–Crippen LogP) is 4.59. The van der Waals surface area contributed by atoms with Crippen molar-refractivity contribution in [2.45, 2.75) is 45.1 Å². The Balaban J connectivity index is 0.00000441. The Bertz CT molecular complexity index is 1390. The SMILES string of the molecule is CCc1cccc(CNC[C@H](O)[C@H](Cc2cc(F)cc(F)c2)NC(=O)c2cccc(-c3nc(CO)co3)c2)c1.Cl. The van der Waals surface area contributed by atoms with Gasteiger partial charge in [-0.25, -0.2) is 13.8 Å². The van der Waals surface area contributed by atoms with Crippen LogP contribution >= 0.6 is 12.4 Å². The van der Waals surface area contributed by atoms with Gasteiger partial charge in [0, 0.05) is 30.3 Å². The predicted molar refractivity (Wildman–Crippen MR) is 150 cm³/mol. The summed E-state index contributed by atoms with van der Waals surface area (Å²) in [5.74, 6) is -1.71. The van der Waals surface area contributed by atoms with Crippen molar-refractivity contribution < 1.29 is 28.2 Å². The molecule has 0 aliphatic rings. The van der Waals surface area contributed by atoms with E-state index in [0.29, 0.717) is 23.4 Å². The van der Waals surface area contributed by atoms with E-state index in [9.17, 15) is 23.8 Å². The number of oxazole rings is 1. The molecule has 0 unspecified atom stereocenters. The number of nitrogens with zero attached hydrogens (tertiary/aromatic N) is 1. The van der Waals surface area contributed by atoms with Gasteiger partial charge in [-0.3, -0.25) is 4.79 Å². The Morgan fingerprint density at radius 1 is 1.00 bits per heavy atom. The Kier molecular flexibility index (Phi) is 11.3. The van der Waals surface area contributed by atoms with E-state index in [1.807, 2.05) is 18.2 Å². The number of nitrogens with one attached hydrogen (secondary N) is 2. The molecule has 3 aromatic carbocycles. The van der Waals surface area contributed by atoms with Crippen LogP contribution in [-0.4, -0.2) is 39.8 Å². The molecule has 1 amide bonds. The lowest BCUT2D eigenvalue weighted by Crippen LogP contribution is -2.48. The van der Waals surface area contributed by atoms with Crippen molar-refractivity contribution in [2.75, 3.05) is 6.54 Å². The third-order valence-corrected chi connectivity index (χ3v) is 6.33. The highest BCUT2D eigenvalue weighted by molar-refractivity contribution is 5.95. The second-order valence-corrected chi connectivity index (χ2v) is 9.32. The third kappa shape index (κ3) is 8.43. The van der Waals surface area contributed by atoms with Crippen LogP contribution in [0.5, 0.6) is 0 Å². The summed E-state index contributed by atoms with van der Waals surface area (Å²) >= 11 is 0. The summed E-state index contributed by atoms with van der Waals surface area (Å²) in [5, 5.41) is 26.3. The van der Waals surface area contributed by atoms with Gasteiger partial charge in [0.15, 0.2) is 0 Å². The van der Waals surface area contributed by atoms with Gasteiger partial charge in [-0.15, -0.1) is 12.4 Å². The first-order valence-electron chi connectivity index (χ1n) is 12.7. The number of aromatic nitrogens is 1. The van der Waals surface area contributed by atoms with Gasteiger partial charge in [-0.05, 0) is 59.9 Å². The zero-order chi connectivity index (χ0) is 27.8. The zero-order valence-corrected chi connectivity index (χ0v) is 22.8. The van der Waals surface area contributed by atoms with Crippen molar-refractivity contribution in [3.63, 3.8) is 0 Å². The molecular formula is C30H32ClF2N3O4. The zero-order valence-electron chi connectivity index (χ0n) is 21.9. The maximum Gasteiger partial charge on any atom is 0.251 e. The molecule has 1 aromatic heterocycles. The number of carbonyl (C=O) groups is 1. The molecule has 0 spiro atoms. The smallest absolute Gasteiger partial charge is 0.251 e. The van der Waals surface area contributed by atoms with Crippen LogP contribution in [0.25, 0.3) is 11.5 Å². The van der Waals surface area contributed by atoms with Gasteiger partial charge in [-0.2, -0.15) is 0 Å². The van der Waals surface area contributed by atoms with E-state index in [4.69, 9.17) is 4.42 Å². The summed E-state index contributed by atoms with van der Waals surface area (Å²) in [4.78, 5) is 17.4. The van der Waals surface area contributed by atoms with Crippen molar-refractivity contribution in [3.05, 3.63) is 113 Å². The van der Waals surface area contributed by atoms with Gasteiger partial charge in [-0.1, -0.05) is 37.3 Å². The molecule has 4 rings (SSSR count). The number of rotatable bonds is 12. The molecule has 2 atom stereocenters. The maximum atomic E-state index is 13.9. The number of aryl methyl sites for hydroxylation is 1. The molecule has 0 fully saturated rings. The number of amides is 1. The molecule has 212 valence electrons. The van der Waals surface area contributed by atoms with Crippen molar-refractivity contribution in [1.29, 1.82) is 0 Å². The average Bonchev–Trinajstić information content (AvgIpc) is 3.42. The Labute approximate surface area is 237 Å². The van der Waals surface area contributed by atoms with Gasteiger partial charge < -0.3 is 25.3 Å². The van der Waals surface area contributed by atoms with Gasteiger partial charge in [0.1, 0.15) is 23.6 Å². The highest BCUT2D eigenvalue weighted by Gasteiger charge is 2.23. The van der Waals surface area contributed by atoms with Gasteiger partial charge in [0.05, 0.1) is 18.8 Å². The fraction of sp³-hybridized carbons (Fsp3) is 0.267. The van der Waals surface area contributed by atoms with E-state index in [2.05, 4.69) is 28.6 Å². The maximum absolute atomic E-state index is 13.9. The quantitative estimate of drug-likeness (QED) is 0.198. The van der Waals surface area contributed by atoms with E-state index in [1.165, 1.54) is 24.0 Å². The second-order valence-electron chi connectivity index (χ2n) is 9.32. The first-order valence-corrected chi connectivity index (χ1v) is 12.7. The van der Waals surface area contributed by atoms with E-state index in [-0.39, 0.29) is 43.4 Å². The Morgan fingerprint density at radius 3 is 2.42 bits per heavy atom. The molecular weight excluding hydrogens is 540 g/mol. The Morgan fingerprint density at radius 2 is 1.73 bits per heavy atom. The van der Waals surface area contributed by atoms with Crippen molar-refractivity contribution in [3.8, 4) is 11.5 Å². The summed E-state index contributed by atoms with van der Waals surface area (Å²) in [6.07, 6.45) is 1.19. The number of benzene rings is 3. The standard InChI is InChI=1S/C30H31F2N3O4.ClH/c1-2-19-5-3-6-20(9-19)15-33-16-28(37)27(12-21-10-24(31)14-25(32)11-21)35-29(38)22-7-4-8-23(13-22)30-34-26(17-36)18-39-30;/h3-11,13-14,18,27-28,33,36-37H,2,12,15-17H2,1H3,(H,35,38);1H/t27-,28-;/m0./s1. The fourth-order valence-corrected chi connectivity index (χ4v) is 4.29. The highest BCUT2D eigenvalue weighted by Crippen LogP contribution is 2.20. The molecule has 0 saturated carbocycles. The molecule has 0 aliphatic carbocycles. The number of halogens is 3. The van der Waals surface area contributed by atoms with Crippen LogP contribution in [0.2, 0.25) is 0 Å². The second kappa shape index (κ2) is 14.7. The largest absolute Gasteiger partial charge is 0.444 e. The molecule has 1 heterocycles. The molecule has 0 bridgehead atoms. The summed E-state index contributed by atoms with van der Waals surface area (Å²) in [5.41, 5.74) is 3.73. The summed E-state index contributed by atoms with van der Waals surface area (Å²) in [6.45, 7) is 2.45. The van der Waals surface area contributed by atoms with Crippen LogP contribution in [0, 0.1) is 11.6 Å². The van der Waals surface area contributed by atoms with Crippen molar-refractivity contribution in [2.24, 2.45) is 0 Å². The van der Waals surface area contributed by atoms with E-state index >= 15 is 0 Å². The van der Waals surface area contributed by atoms with Crippen LogP contribution in [0.1, 0.15) is 39.7 Å². The van der Waals surface area contributed by atoms with Crippen LogP contribution in [0.3, 0.4) is 0 Å². The number of carbonyl (C=O) groups excluding carboxylic acids is 1. The first-order chi connectivity index (χ1) is 18.8. The Hall–Kier alpha value is -3.63. The minimum absolute atomic E-state index is 0. The third-order valence-electron chi connectivity index (χ3n) is 6.33. The minimum Gasteiger partial charge on any atom is -0.444 e. The van der Waals surface area contributed by atoms with Crippen LogP contribution < -0.4 is 10.6 Å². The van der Waals surface area contributed by atoms with Gasteiger partial charge in [0.25, 0.3) is 5.91 Å². The minimum atomic E-state index is -1.06. The van der Waals surface area contributed by atoms with E-state index < -0.39 is 29.7 Å². The van der Waals surface area contributed by atoms with Gasteiger partial charge >= 0.3 is 0 Å². The molecule has 0 saturated heterocycles. The number of hydrogen-bond acceptors (Lipinski definition) is 6. The molecule has 0 radical (unpaired) electrons. The molecule has 4 N–H and O–H groups in total. The van der Waals surface area contributed by atoms with E-state index in [0.717, 1.165) is 18.1 Å². The summed E-state index contributed by atoms with van der Waals surface area (Å²) in [7, 11) is 0. The van der Waals surface area contributed by atoms with Gasteiger partial charge in [0.2, 0.25) is 5.89 Å². The number of hydrogen-bond donors (Lipinski definition) is 4. The lowest BCUT2D eigenvalue weighted by molar-refractivity contribution is 0.0830. The van der Waals surface area contributed by atoms with Crippen molar-refractivity contribution in [1.82, 2.24) is 15.6 Å². The average molecular weight is 572 g/mol. The first kappa shape index (κ1) is 30.9. The molecule has 0 aliphatic heterocycles. The molecule has 7 nitrogen and oxygen atoms in total. The highest BCUT2D eigenvalue weighted by atomic mass is 35.5. The fourth-order valence-electron chi connectivity index (χ4n) is 4.29. The summed E-state index contributed by atoms with van der Waals surface area (Å²) < 4.78 is 33.1. The van der Waals surface area contributed by atoms with Crippen LogP contribution in [-0.2, 0) is 26.0 Å². The van der Waals surface area contributed by atoms with Crippen LogP contribution in [0.4, 0.5) is 8.78 Å². The number of aliphatic hydroxyl groups excluding tert-OH is 2. The van der Waals surface area contributed by atoms with E-state index in [1.54, 1.807) is 24.3 Å². The lowest BCUT2D eigenvalue weighted by atomic mass is 9.99. The van der Waals surface area contributed by atoms with Crippen molar-refractivity contribution >= 4 is 18.3 Å². The molecule has 4 aromatic rings. The molecule has 10 heteroatoms. The lowest BCUT2D eigenvalue weighted by Gasteiger charge is -2.25. The van der Waals surface area contributed by atoms with Crippen LogP contribution in [0.15, 0.2) is 77.4 Å². The number of aliphatic hydroxyl groups is 2.